The first-order valence-corrected chi connectivity index (χ1v) is 5.13. The van der Waals surface area contributed by atoms with Crippen LogP contribution in [0.15, 0.2) is 36.5 Å². The predicted octanol–water partition coefficient (Wildman–Crippen LogP) is 3.31. The largest absolute Gasteiger partial charge is 0.316 e. The van der Waals surface area contributed by atoms with E-state index in [0.717, 1.165) is 6.42 Å². The molecule has 0 heterocycles. The van der Waals surface area contributed by atoms with Crippen LogP contribution in [0.3, 0.4) is 0 Å². The topological polar surface area (TPSA) is 12.0 Å². The van der Waals surface area contributed by atoms with Crippen molar-refractivity contribution < 1.29 is 0 Å². The molecule has 14 heavy (non-hydrogen) atoms. The Morgan fingerprint density at radius 2 is 2.00 bits per heavy atom. The zero-order chi connectivity index (χ0) is 11.1. The van der Waals surface area contributed by atoms with Crippen molar-refractivity contribution in [2.75, 3.05) is 7.05 Å². The van der Waals surface area contributed by atoms with Crippen LogP contribution >= 0.6 is 0 Å². The van der Waals surface area contributed by atoms with Crippen molar-refractivity contribution >= 4 is 0 Å². The van der Waals surface area contributed by atoms with Crippen LogP contribution in [0, 0.1) is 5.92 Å². The first-order valence-electron chi connectivity index (χ1n) is 5.13. The molecule has 1 heteroatoms. The molecule has 0 radical (unpaired) electrons. The van der Waals surface area contributed by atoms with Gasteiger partial charge in [-0.15, -0.1) is 6.58 Å². The summed E-state index contributed by atoms with van der Waals surface area (Å²) in [5.41, 5.74) is 2.56. The Morgan fingerprint density at radius 3 is 2.36 bits per heavy atom. The molecule has 0 saturated carbocycles. The fourth-order valence-electron chi connectivity index (χ4n) is 1.38. The minimum atomic E-state index is 0.357. The molecule has 1 N–H and O–H groups in total. The monoisotopic (exact) mass is 193 g/mol. The summed E-state index contributed by atoms with van der Waals surface area (Å²) < 4.78 is 0. The molecule has 0 rings (SSSR count). The average molecular weight is 193 g/mol. The molecule has 0 aromatic heterocycles. The van der Waals surface area contributed by atoms with Gasteiger partial charge < -0.3 is 5.32 Å². The predicted molar refractivity (Wildman–Crippen MR) is 65.4 cm³/mol. The van der Waals surface area contributed by atoms with E-state index in [1.807, 2.05) is 13.1 Å². The molecule has 0 aliphatic carbocycles. The smallest absolute Gasteiger partial charge is 0.0136 e. The van der Waals surface area contributed by atoms with Gasteiger partial charge in [0.05, 0.1) is 0 Å². The molecule has 2 unspecified atom stereocenters. The lowest BCUT2D eigenvalue weighted by Crippen LogP contribution is -2.30. The summed E-state index contributed by atoms with van der Waals surface area (Å²) in [7, 11) is 1.97. The van der Waals surface area contributed by atoms with E-state index in [9.17, 15) is 0 Å². The summed E-state index contributed by atoms with van der Waals surface area (Å²) in [4.78, 5) is 0. The number of rotatable bonds is 6. The Morgan fingerprint density at radius 1 is 1.43 bits per heavy atom. The van der Waals surface area contributed by atoms with Crippen LogP contribution in [0.25, 0.3) is 0 Å². The highest BCUT2D eigenvalue weighted by Gasteiger charge is 2.14. The molecule has 0 aromatic carbocycles. The minimum absolute atomic E-state index is 0.357. The molecule has 2 atom stereocenters. The number of allylic oxidation sites excluding steroid dienone is 2. The van der Waals surface area contributed by atoms with Crippen LogP contribution in [0.5, 0.6) is 0 Å². The minimum Gasteiger partial charge on any atom is -0.316 e. The number of nitrogens with one attached hydrogen (secondary N) is 1. The second-order valence-electron chi connectivity index (χ2n) is 3.98. The van der Waals surface area contributed by atoms with Crippen molar-refractivity contribution in [3.8, 4) is 0 Å². The second kappa shape index (κ2) is 6.61. The number of hydrogen-bond donors (Lipinski definition) is 1. The van der Waals surface area contributed by atoms with Gasteiger partial charge in [-0.3, -0.25) is 0 Å². The van der Waals surface area contributed by atoms with Gasteiger partial charge in [0, 0.05) is 12.0 Å². The molecule has 1 nitrogen and oxygen atoms in total. The first-order chi connectivity index (χ1) is 6.52. The molecule has 0 bridgehead atoms. The summed E-state index contributed by atoms with van der Waals surface area (Å²) in [5.74, 6) is 0.357. The normalized spacial score (nSPS) is 14.3. The van der Waals surface area contributed by atoms with Gasteiger partial charge in [-0.1, -0.05) is 29.9 Å². The Balaban J connectivity index is 4.32. The fourth-order valence-corrected chi connectivity index (χ4v) is 1.38. The third kappa shape index (κ3) is 4.43. The Labute approximate surface area is 88.6 Å². The summed E-state index contributed by atoms with van der Waals surface area (Å²) in [6.07, 6.45) is 5.13. The van der Waals surface area contributed by atoms with E-state index in [4.69, 9.17) is 0 Å². The molecule has 0 spiro atoms. The molecule has 0 aliphatic rings. The van der Waals surface area contributed by atoms with Crippen LogP contribution in [0.4, 0.5) is 0 Å². The molecule has 0 amide bonds. The highest BCUT2D eigenvalue weighted by Crippen LogP contribution is 2.19. The van der Waals surface area contributed by atoms with Crippen LogP contribution in [-0.2, 0) is 0 Å². The van der Waals surface area contributed by atoms with Crippen molar-refractivity contribution in [1.29, 1.82) is 0 Å². The zero-order valence-electron chi connectivity index (χ0n) is 9.93. The third-order valence-electron chi connectivity index (χ3n) is 2.49. The maximum Gasteiger partial charge on any atom is 0.0136 e. The first kappa shape index (κ1) is 13.2. The molecule has 0 saturated heterocycles. The SMILES string of the molecule is C=CC(C(=C)CC=C(C)C)C(C)NC. The van der Waals surface area contributed by atoms with Crippen molar-refractivity contribution in [2.45, 2.75) is 33.2 Å². The number of hydrogen-bond acceptors (Lipinski definition) is 1. The maximum absolute atomic E-state index is 4.11. The Hall–Kier alpha value is -0.820. The van der Waals surface area contributed by atoms with Crippen LogP contribution in [0.2, 0.25) is 0 Å². The van der Waals surface area contributed by atoms with Gasteiger partial charge in [-0.05, 0) is 34.2 Å². The lowest BCUT2D eigenvalue weighted by atomic mass is 9.91. The van der Waals surface area contributed by atoms with E-state index in [2.05, 4.69) is 45.3 Å². The summed E-state index contributed by atoms with van der Waals surface area (Å²) in [5, 5.41) is 3.23. The van der Waals surface area contributed by atoms with Crippen molar-refractivity contribution in [1.82, 2.24) is 5.32 Å². The highest BCUT2D eigenvalue weighted by atomic mass is 14.9. The second-order valence-corrected chi connectivity index (χ2v) is 3.98. The van der Waals surface area contributed by atoms with Gasteiger partial charge in [0.25, 0.3) is 0 Å². The van der Waals surface area contributed by atoms with Gasteiger partial charge in [0.1, 0.15) is 0 Å². The van der Waals surface area contributed by atoms with Gasteiger partial charge in [-0.2, -0.15) is 0 Å². The lowest BCUT2D eigenvalue weighted by Gasteiger charge is -2.21. The molecular weight excluding hydrogens is 170 g/mol. The standard InChI is InChI=1S/C13H23N/c1-7-13(12(5)14-6)11(4)9-8-10(2)3/h7-8,12-14H,1,4,9H2,2-3,5-6H3. The summed E-state index contributed by atoms with van der Waals surface area (Å²) >= 11 is 0. The van der Waals surface area contributed by atoms with E-state index in [1.165, 1.54) is 11.1 Å². The van der Waals surface area contributed by atoms with Crippen LogP contribution in [-0.4, -0.2) is 13.1 Å². The van der Waals surface area contributed by atoms with Gasteiger partial charge in [0.2, 0.25) is 0 Å². The van der Waals surface area contributed by atoms with Gasteiger partial charge >= 0.3 is 0 Å². The molecule has 80 valence electrons. The van der Waals surface area contributed by atoms with E-state index >= 15 is 0 Å². The van der Waals surface area contributed by atoms with Crippen molar-refractivity contribution in [3.05, 3.63) is 36.5 Å². The average Bonchev–Trinajstić information content (AvgIpc) is 2.15. The quantitative estimate of drug-likeness (QED) is 0.638. The molecule has 0 fully saturated rings. The van der Waals surface area contributed by atoms with E-state index in [1.54, 1.807) is 0 Å². The summed E-state index contributed by atoms with van der Waals surface area (Å²) in [6, 6.07) is 0.408. The molecular formula is C13H23N. The van der Waals surface area contributed by atoms with Gasteiger partial charge in [-0.25, -0.2) is 0 Å². The Kier molecular flexibility index (Phi) is 6.22. The molecule has 0 aromatic rings. The van der Waals surface area contributed by atoms with E-state index < -0.39 is 0 Å². The Bertz CT molecular complexity index is 221. The van der Waals surface area contributed by atoms with Crippen LogP contribution in [0.1, 0.15) is 27.2 Å². The summed E-state index contributed by atoms with van der Waals surface area (Å²) in [6.45, 7) is 14.3. The fraction of sp³-hybridized carbons (Fsp3) is 0.538. The van der Waals surface area contributed by atoms with Crippen LogP contribution < -0.4 is 5.32 Å². The van der Waals surface area contributed by atoms with Gasteiger partial charge in [0.15, 0.2) is 0 Å². The van der Waals surface area contributed by atoms with E-state index in [-0.39, 0.29) is 0 Å². The lowest BCUT2D eigenvalue weighted by molar-refractivity contribution is 0.513. The highest BCUT2D eigenvalue weighted by molar-refractivity contribution is 5.15. The molecule has 0 aliphatic heterocycles. The third-order valence-corrected chi connectivity index (χ3v) is 2.49. The van der Waals surface area contributed by atoms with E-state index in [0.29, 0.717) is 12.0 Å². The zero-order valence-corrected chi connectivity index (χ0v) is 9.93. The van der Waals surface area contributed by atoms with Crippen molar-refractivity contribution in [2.24, 2.45) is 5.92 Å². The van der Waals surface area contributed by atoms with Crippen molar-refractivity contribution in [3.63, 3.8) is 0 Å². The maximum atomic E-state index is 4.11.